The van der Waals surface area contributed by atoms with E-state index >= 15 is 0 Å². The van der Waals surface area contributed by atoms with Crippen molar-refractivity contribution >= 4 is 44.8 Å². The van der Waals surface area contributed by atoms with E-state index in [9.17, 15) is 4.79 Å². The predicted molar refractivity (Wildman–Crippen MR) is 113 cm³/mol. The molecule has 1 atom stereocenters. The van der Waals surface area contributed by atoms with Crippen LogP contribution in [0.3, 0.4) is 0 Å². The largest absolute Gasteiger partial charge is 0.323 e. The molecule has 1 aliphatic rings. The molecule has 0 spiro atoms. The van der Waals surface area contributed by atoms with E-state index in [1.807, 2.05) is 66.4 Å². The molecule has 0 saturated heterocycles. The number of hydrogen-bond acceptors (Lipinski definition) is 4. The summed E-state index contributed by atoms with van der Waals surface area (Å²) >= 11 is 9.55. The van der Waals surface area contributed by atoms with Crippen LogP contribution in [0.4, 0.5) is 5.69 Å². The maximum Gasteiger partial charge on any atom is 0.279 e. The molecule has 4 heterocycles. The fraction of sp³-hybridized carbons (Fsp3) is 0.200. The van der Waals surface area contributed by atoms with Crippen LogP contribution in [0.5, 0.6) is 0 Å². The van der Waals surface area contributed by atoms with E-state index in [0.717, 1.165) is 34.0 Å². The summed E-state index contributed by atoms with van der Waals surface area (Å²) in [4.78, 5) is 19.7. The molecule has 4 aromatic rings. The van der Waals surface area contributed by atoms with E-state index in [4.69, 9.17) is 11.6 Å². The molecule has 29 heavy (non-hydrogen) atoms. The summed E-state index contributed by atoms with van der Waals surface area (Å²) in [6, 6.07) is 9.19. The number of amides is 1. The van der Waals surface area contributed by atoms with E-state index in [-0.39, 0.29) is 11.9 Å². The fourth-order valence-electron chi connectivity index (χ4n) is 3.91. The zero-order chi connectivity index (χ0) is 20.4. The Morgan fingerprint density at radius 3 is 2.59 bits per heavy atom. The monoisotopic (exact) mass is 470 g/mol. The molecular weight excluding hydrogens is 456 g/mol. The van der Waals surface area contributed by atoms with Gasteiger partial charge in [0.15, 0.2) is 16.1 Å². The predicted octanol–water partition coefficient (Wildman–Crippen LogP) is 4.25. The van der Waals surface area contributed by atoms with Gasteiger partial charge in [0, 0.05) is 18.3 Å². The lowest BCUT2D eigenvalue weighted by molar-refractivity contribution is 0.0989. The fourth-order valence-corrected chi connectivity index (χ4v) is 4.40. The number of fused-ring (bicyclic) bond motifs is 2. The minimum Gasteiger partial charge on any atom is -0.323 e. The maximum atomic E-state index is 13.4. The molecular formula is C20H16BrClN6O. The summed E-state index contributed by atoms with van der Waals surface area (Å²) in [6.07, 6.45) is 1.90. The second-order valence-corrected chi connectivity index (χ2v) is 8.27. The summed E-state index contributed by atoms with van der Waals surface area (Å²) in [5.41, 5.74) is 4.71. The van der Waals surface area contributed by atoms with E-state index in [0.29, 0.717) is 15.5 Å². The van der Waals surface area contributed by atoms with Crippen molar-refractivity contribution in [1.29, 1.82) is 0 Å². The second-order valence-electron chi connectivity index (χ2n) is 7.13. The van der Waals surface area contributed by atoms with Gasteiger partial charge < -0.3 is 4.57 Å². The molecule has 0 N–H and O–H groups in total. The summed E-state index contributed by atoms with van der Waals surface area (Å²) < 4.78 is 4.43. The normalized spacial score (nSPS) is 16.1. The van der Waals surface area contributed by atoms with Crippen LogP contribution >= 0.6 is 27.5 Å². The van der Waals surface area contributed by atoms with Gasteiger partial charge in [-0.3, -0.25) is 14.1 Å². The van der Waals surface area contributed by atoms with Crippen LogP contribution in [-0.2, 0) is 7.05 Å². The smallest absolute Gasteiger partial charge is 0.279 e. The third-order valence-corrected chi connectivity index (χ3v) is 6.29. The van der Waals surface area contributed by atoms with Gasteiger partial charge in [0.1, 0.15) is 11.9 Å². The number of nitrogens with zero attached hydrogens (tertiary/aromatic N) is 6. The first-order chi connectivity index (χ1) is 13.9. The lowest BCUT2D eigenvalue weighted by Gasteiger charge is -2.27. The van der Waals surface area contributed by atoms with Crippen LogP contribution in [-0.4, -0.2) is 30.1 Å². The summed E-state index contributed by atoms with van der Waals surface area (Å²) in [5.74, 6) is 0.615. The summed E-state index contributed by atoms with van der Waals surface area (Å²) in [6.45, 7) is 3.85. The number of aryl methyl sites for hydroxylation is 2. The van der Waals surface area contributed by atoms with Crippen molar-refractivity contribution in [2.75, 3.05) is 4.90 Å². The van der Waals surface area contributed by atoms with Crippen LogP contribution in [0.25, 0.3) is 5.65 Å². The average molecular weight is 472 g/mol. The Labute approximate surface area is 180 Å². The van der Waals surface area contributed by atoms with Crippen LogP contribution in [0.2, 0.25) is 5.02 Å². The number of pyridine rings is 1. The summed E-state index contributed by atoms with van der Waals surface area (Å²) in [7, 11) is 1.90. The number of carbonyl (C=O) groups excluding carboxylic acids is 1. The minimum atomic E-state index is -0.327. The third kappa shape index (κ3) is 2.63. The standard InChI is InChI=1S/C20H16BrClN6O/c1-10-8-14(9-27-11(2)24-25-18(10)27)28-16(12-4-6-13(22)7-5-12)17-15(19(28)29)23-20(21)26(17)3/h4-9,16H,1-3H3. The molecule has 0 bridgehead atoms. The number of carbonyl (C=O) groups is 1. The highest BCUT2D eigenvalue weighted by Crippen LogP contribution is 2.42. The van der Waals surface area contributed by atoms with Gasteiger partial charge >= 0.3 is 0 Å². The molecule has 9 heteroatoms. The van der Waals surface area contributed by atoms with Crippen LogP contribution in [0.15, 0.2) is 41.3 Å². The first-order valence-electron chi connectivity index (χ1n) is 9.00. The lowest BCUT2D eigenvalue weighted by Crippen LogP contribution is -2.30. The zero-order valence-corrected chi connectivity index (χ0v) is 18.2. The van der Waals surface area contributed by atoms with Crippen molar-refractivity contribution in [1.82, 2.24) is 24.1 Å². The Morgan fingerprint density at radius 1 is 1.14 bits per heavy atom. The lowest BCUT2D eigenvalue weighted by atomic mass is 10.0. The average Bonchev–Trinajstić information content (AvgIpc) is 3.30. The Bertz CT molecular complexity index is 1290. The molecule has 1 aromatic carbocycles. The molecule has 0 aliphatic carbocycles. The molecule has 3 aromatic heterocycles. The maximum absolute atomic E-state index is 13.4. The molecule has 1 unspecified atom stereocenters. The van der Waals surface area contributed by atoms with Gasteiger partial charge in [-0.05, 0) is 59.1 Å². The topological polar surface area (TPSA) is 68.3 Å². The Morgan fingerprint density at radius 2 is 1.86 bits per heavy atom. The highest BCUT2D eigenvalue weighted by atomic mass is 79.9. The first kappa shape index (κ1) is 18.3. The number of imidazole rings is 1. The molecule has 0 radical (unpaired) electrons. The highest BCUT2D eigenvalue weighted by Gasteiger charge is 2.43. The molecule has 146 valence electrons. The molecule has 7 nitrogen and oxygen atoms in total. The van der Waals surface area contributed by atoms with Crippen molar-refractivity contribution in [3.63, 3.8) is 0 Å². The zero-order valence-electron chi connectivity index (χ0n) is 15.9. The van der Waals surface area contributed by atoms with Crippen molar-refractivity contribution in [2.24, 2.45) is 7.05 Å². The Kier molecular flexibility index (Phi) is 4.04. The number of rotatable bonds is 2. The molecule has 0 saturated carbocycles. The number of halogens is 2. The van der Waals surface area contributed by atoms with E-state index in [1.165, 1.54) is 0 Å². The third-order valence-electron chi connectivity index (χ3n) is 5.33. The highest BCUT2D eigenvalue weighted by molar-refractivity contribution is 9.10. The van der Waals surface area contributed by atoms with Gasteiger partial charge in [0.25, 0.3) is 5.91 Å². The second kappa shape index (κ2) is 6.40. The molecule has 0 fully saturated rings. The Hall–Kier alpha value is -2.71. The van der Waals surface area contributed by atoms with Crippen molar-refractivity contribution in [2.45, 2.75) is 19.9 Å². The van der Waals surface area contributed by atoms with Gasteiger partial charge in [-0.1, -0.05) is 23.7 Å². The van der Waals surface area contributed by atoms with Crippen LogP contribution < -0.4 is 4.90 Å². The first-order valence-corrected chi connectivity index (χ1v) is 10.2. The van der Waals surface area contributed by atoms with E-state index < -0.39 is 0 Å². The molecule has 1 amide bonds. The van der Waals surface area contributed by atoms with Crippen molar-refractivity contribution < 1.29 is 4.79 Å². The van der Waals surface area contributed by atoms with Gasteiger partial charge in [-0.15, -0.1) is 10.2 Å². The van der Waals surface area contributed by atoms with Crippen LogP contribution in [0, 0.1) is 13.8 Å². The number of aromatic nitrogens is 5. The SMILES string of the molecule is Cc1cc(N2C(=O)c3nc(Br)n(C)c3C2c2ccc(Cl)cc2)cn2c(C)nnc12. The molecule has 1 aliphatic heterocycles. The number of anilines is 1. The van der Waals surface area contributed by atoms with E-state index in [1.54, 1.807) is 4.90 Å². The van der Waals surface area contributed by atoms with E-state index in [2.05, 4.69) is 31.1 Å². The van der Waals surface area contributed by atoms with Crippen LogP contribution in [0.1, 0.15) is 39.2 Å². The van der Waals surface area contributed by atoms with Gasteiger partial charge in [-0.2, -0.15) is 0 Å². The quantitative estimate of drug-likeness (QED) is 0.438. The molecule has 5 rings (SSSR count). The summed E-state index contributed by atoms with van der Waals surface area (Å²) in [5, 5.41) is 9.02. The Balaban J connectivity index is 1.75. The minimum absolute atomic E-state index is 0.147. The number of hydrogen-bond donors (Lipinski definition) is 0. The van der Waals surface area contributed by atoms with Crippen molar-refractivity contribution in [3.05, 3.63) is 74.6 Å². The van der Waals surface area contributed by atoms with Gasteiger partial charge in [0.2, 0.25) is 0 Å². The van der Waals surface area contributed by atoms with Gasteiger partial charge in [-0.25, -0.2) is 4.98 Å². The number of benzene rings is 1. The van der Waals surface area contributed by atoms with Crippen molar-refractivity contribution in [3.8, 4) is 0 Å². The van der Waals surface area contributed by atoms with Gasteiger partial charge in [0.05, 0.1) is 11.4 Å².